The summed E-state index contributed by atoms with van der Waals surface area (Å²) < 4.78 is 11.7. The number of nitrogens with one attached hydrogen (secondary N) is 1. The van der Waals surface area contributed by atoms with Crippen LogP contribution in [0.3, 0.4) is 0 Å². The molecule has 0 bridgehead atoms. The lowest BCUT2D eigenvalue weighted by molar-refractivity contribution is 0.356. The van der Waals surface area contributed by atoms with Gasteiger partial charge in [-0.05, 0) is 23.6 Å². The summed E-state index contributed by atoms with van der Waals surface area (Å²) in [6, 6.07) is 7.64. The van der Waals surface area contributed by atoms with Gasteiger partial charge in [-0.25, -0.2) is 9.97 Å². The van der Waals surface area contributed by atoms with Crippen LogP contribution in [0.15, 0.2) is 36.0 Å². The minimum atomic E-state index is 0.651. The zero-order valence-electron chi connectivity index (χ0n) is 11.1. The van der Waals surface area contributed by atoms with Crippen molar-refractivity contribution in [1.82, 2.24) is 9.97 Å². The number of para-hydroxylation sites is 1. The minimum Gasteiger partial charge on any atom is -0.493 e. The Bertz CT molecular complexity index is 742. The molecular weight excluding hydrogens is 274 g/mol. The number of ether oxygens (including phenoxy) is 2. The van der Waals surface area contributed by atoms with Crippen LogP contribution in [0.25, 0.3) is 10.2 Å². The molecule has 5 nitrogen and oxygen atoms in total. The van der Waals surface area contributed by atoms with Crippen molar-refractivity contribution in [2.24, 2.45) is 0 Å². The number of anilines is 2. The van der Waals surface area contributed by atoms with E-state index in [0.29, 0.717) is 11.5 Å². The van der Waals surface area contributed by atoms with Crippen LogP contribution in [0.2, 0.25) is 0 Å². The smallest absolute Gasteiger partial charge is 0.184 e. The standard InChI is InChI=1S/C14H13N3O2S/c1-18-11-5-3-4-9(12(11)19-2)17-14-13-10(6-7-20-13)15-8-16-14/h3-8H,1-2H3,(H,15,16,17). The third-order valence-electron chi connectivity index (χ3n) is 2.90. The van der Waals surface area contributed by atoms with Crippen LogP contribution in [0.4, 0.5) is 11.5 Å². The molecule has 20 heavy (non-hydrogen) atoms. The molecule has 0 aliphatic heterocycles. The zero-order chi connectivity index (χ0) is 13.9. The van der Waals surface area contributed by atoms with Crippen molar-refractivity contribution in [3.63, 3.8) is 0 Å². The zero-order valence-corrected chi connectivity index (χ0v) is 11.9. The highest BCUT2D eigenvalue weighted by atomic mass is 32.1. The van der Waals surface area contributed by atoms with Crippen LogP contribution in [0.5, 0.6) is 11.5 Å². The average molecular weight is 287 g/mol. The van der Waals surface area contributed by atoms with Gasteiger partial charge in [0.1, 0.15) is 6.33 Å². The molecule has 3 aromatic rings. The minimum absolute atomic E-state index is 0.651. The summed E-state index contributed by atoms with van der Waals surface area (Å²) >= 11 is 1.60. The van der Waals surface area contributed by atoms with E-state index in [9.17, 15) is 0 Å². The summed E-state index contributed by atoms with van der Waals surface area (Å²) in [6.45, 7) is 0. The van der Waals surface area contributed by atoms with Gasteiger partial charge in [0.2, 0.25) is 0 Å². The molecule has 0 saturated heterocycles. The summed E-state index contributed by atoms with van der Waals surface area (Å²) in [5.74, 6) is 2.09. The van der Waals surface area contributed by atoms with Crippen molar-refractivity contribution in [3.8, 4) is 11.5 Å². The Kier molecular flexibility index (Phi) is 3.39. The van der Waals surface area contributed by atoms with Gasteiger partial charge in [0.25, 0.3) is 0 Å². The predicted molar refractivity (Wildman–Crippen MR) is 80.2 cm³/mol. The number of fused-ring (bicyclic) bond motifs is 1. The number of hydrogen-bond donors (Lipinski definition) is 1. The quantitative estimate of drug-likeness (QED) is 0.796. The molecule has 1 aromatic carbocycles. The molecule has 0 spiro atoms. The van der Waals surface area contributed by atoms with Crippen LogP contribution < -0.4 is 14.8 Å². The van der Waals surface area contributed by atoms with Gasteiger partial charge in [-0.3, -0.25) is 0 Å². The summed E-state index contributed by atoms with van der Waals surface area (Å²) in [5.41, 5.74) is 1.73. The number of methoxy groups -OCH3 is 2. The second kappa shape index (κ2) is 5.34. The molecule has 102 valence electrons. The molecule has 2 heterocycles. The largest absolute Gasteiger partial charge is 0.493 e. The molecule has 0 aliphatic rings. The maximum Gasteiger partial charge on any atom is 0.184 e. The number of thiophene rings is 1. The topological polar surface area (TPSA) is 56.3 Å². The number of rotatable bonds is 4. The van der Waals surface area contributed by atoms with Crippen LogP contribution in [0, 0.1) is 0 Å². The highest BCUT2D eigenvalue weighted by Crippen LogP contribution is 2.37. The highest BCUT2D eigenvalue weighted by Gasteiger charge is 2.12. The van der Waals surface area contributed by atoms with E-state index < -0.39 is 0 Å². The number of nitrogens with zero attached hydrogens (tertiary/aromatic N) is 2. The van der Waals surface area contributed by atoms with E-state index in [4.69, 9.17) is 9.47 Å². The Morgan fingerprint density at radius 1 is 1.10 bits per heavy atom. The molecule has 3 rings (SSSR count). The van der Waals surface area contributed by atoms with Gasteiger partial charge in [0.05, 0.1) is 30.1 Å². The Hall–Kier alpha value is -2.34. The van der Waals surface area contributed by atoms with Gasteiger partial charge in [-0.1, -0.05) is 6.07 Å². The first kappa shape index (κ1) is 12.7. The monoisotopic (exact) mass is 287 g/mol. The molecular formula is C14H13N3O2S. The maximum atomic E-state index is 5.41. The van der Waals surface area contributed by atoms with E-state index >= 15 is 0 Å². The van der Waals surface area contributed by atoms with Crippen LogP contribution in [0.1, 0.15) is 0 Å². The highest BCUT2D eigenvalue weighted by molar-refractivity contribution is 7.17. The lowest BCUT2D eigenvalue weighted by Gasteiger charge is -2.13. The van der Waals surface area contributed by atoms with Crippen LogP contribution in [-0.4, -0.2) is 24.2 Å². The molecule has 0 unspecified atom stereocenters. The first-order chi connectivity index (χ1) is 9.83. The summed E-state index contributed by atoms with van der Waals surface area (Å²) in [7, 11) is 3.23. The lowest BCUT2D eigenvalue weighted by atomic mass is 10.2. The lowest BCUT2D eigenvalue weighted by Crippen LogP contribution is -1.99. The summed E-state index contributed by atoms with van der Waals surface area (Å²) in [5, 5.41) is 5.27. The third-order valence-corrected chi connectivity index (χ3v) is 3.81. The molecule has 2 aromatic heterocycles. The molecule has 0 aliphatic carbocycles. The summed E-state index contributed by atoms with van der Waals surface area (Å²) in [6.07, 6.45) is 1.55. The van der Waals surface area contributed by atoms with E-state index in [1.54, 1.807) is 31.9 Å². The maximum absolute atomic E-state index is 5.41. The third kappa shape index (κ3) is 2.14. The van der Waals surface area contributed by atoms with Gasteiger partial charge >= 0.3 is 0 Å². The second-order valence-electron chi connectivity index (χ2n) is 4.02. The predicted octanol–water partition coefficient (Wildman–Crippen LogP) is 3.45. The molecule has 1 N–H and O–H groups in total. The van der Waals surface area contributed by atoms with Crippen molar-refractivity contribution in [1.29, 1.82) is 0 Å². The van der Waals surface area contributed by atoms with E-state index in [1.165, 1.54) is 0 Å². The number of aromatic nitrogens is 2. The van der Waals surface area contributed by atoms with Gasteiger partial charge in [0, 0.05) is 0 Å². The molecule has 0 saturated carbocycles. The molecule has 6 heteroatoms. The fourth-order valence-corrected chi connectivity index (χ4v) is 2.78. The first-order valence-electron chi connectivity index (χ1n) is 5.99. The molecule has 0 fully saturated rings. The van der Waals surface area contributed by atoms with Gasteiger partial charge in [-0.15, -0.1) is 11.3 Å². The van der Waals surface area contributed by atoms with E-state index in [-0.39, 0.29) is 0 Å². The van der Waals surface area contributed by atoms with Crippen molar-refractivity contribution in [2.45, 2.75) is 0 Å². The Balaban J connectivity index is 2.05. The van der Waals surface area contributed by atoms with Crippen LogP contribution >= 0.6 is 11.3 Å². The Morgan fingerprint density at radius 3 is 2.80 bits per heavy atom. The van der Waals surface area contributed by atoms with Crippen molar-refractivity contribution >= 4 is 33.1 Å². The first-order valence-corrected chi connectivity index (χ1v) is 6.87. The number of benzene rings is 1. The summed E-state index contributed by atoms with van der Waals surface area (Å²) in [4.78, 5) is 8.52. The fourth-order valence-electron chi connectivity index (χ4n) is 1.99. The molecule has 0 amide bonds. The van der Waals surface area contributed by atoms with E-state index in [0.717, 1.165) is 21.7 Å². The Morgan fingerprint density at radius 2 is 2.00 bits per heavy atom. The van der Waals surface area contributed by atoms with E-state index in [1.807, 2.05) is 29.6 Å². The molecule has 0 radical (unpaired) electrons. The average Bonchev–Trinajstić information content (AvgIpc) is 2.96. The second-order valence-corrected chi connectivity index (χ2v) is 4.94. The van der Waals surface area contributed by atoms with E-state index in [2.05, 4.69) is 15.3 Å². The number of hydrogen-bond acceptors (Lipinski definition) is 6. The van der Waals surface area contributed by atoms with Gasteiger partial charge < -0.3 is 14.8 Å². The van der Waals surface area contributed by atoms with Crippen molar-refractivity contribution < 1.29 is 9.47 Å². The van der Waals surface area contributed by atoms with Gasteiger partial charge in [-0.2, -0.15) is 0 Å². The van der Waals surface area contributed by atoms with Crippen molar-refractivity contribution in [2.75, 3.05) is 19.5 Å². The Labute approximate surface area is 120 Å². The molecule has 0 atom stereocenters. The van der Waals surface area contributed by atoms with Crippen molar-refractivity contribution in [3.05, 3.63) is 36.0 Å². The SMILES string of the molecule is COc1cccc(Nc2ncnc3ccsc23)c1OC. The normalized spacial score (nSPS) is 10.5. The fraction of sp³-hybridized carbons (Fsp3) is 0.143. The van der Waals surface area contributed by atoms with Gasteiger partial charge in [0.15, 0.2) is 17.3 Å². The van der Waals surface area contributed by atoms with Crippen LogP contribution in [-0.2, 0) is 0 Å².